The summed E-state index contributed by atoms with van der Waals surface area (Å²) in [6.07, 6.45) is 1.09. The molecule has 2 aromatic rings. The predicted octanol–water partition coefficient (Wildman–Crippen LogP) is 3.15. The molecule has 5 nitrogen and oxygen atoms in total. The summed E-state index contributed by atoms with van der Waals surface area (Å²) >= 11 is 3.65. The first-order chi connectivity index (χ1) is 9.74. The normalized spacial score (nSPS) is 13.6. The van der Waals surface area contributed by atoms with Gasteiger partial charge in [0.2, 0.25) is 5.95 Å². The van der Waals surface area contributed by atoms with Gasteiger partial charge in [-0.15, -0.1) is 0 Å². The van der Waals surface area contributed by atoms with Crippen LogP contribution in [0, 0.1) is 0 Å². The minimum absolute atomic E-state index is 0.780. The van der Waals surface area contributed by atoms with Crippen LogP contribution >= 0.6 is 15.9 Å². The van der Waals surface area contributed by atoms with Crippen molar-refractivity contribution in [2.75, 3.05) is 26.1 Å². The number of methoxy groups -OCH3 is 2. The fourth-order valence-electron chi connectivity index (χ4n) is 2.38. The first-order valence-electron chi connectivity index (χ1n) is 6.47. The van der Waals surface area contributed by atoms with Crippen molar-refractivity contribution in [1.29, 1.82) is 0 Å². The third-order valence-electron chi connectivity index (χ3n) is 3.41. The van der Waals surface area contributed by atoms with E-state index in [0.717, 1.165) is 52.8 Å². The van der Waals surface area contributed by atoms with Gasteiger partial charge in [0, 0.05) is 18.7 Å². The average molecular weight is 338 g/mol. The summed E-state index contributed by atoms with van der Waals surface area (Å²) < 4.78 is 13.8. The Morgan fingerprint density at radius 1 is 1.30 bits per heavy atom. The van der Waals surface area contributed by atoms with Crippen LogP contribution in [-0.2, 0) is 6.54 Å². The molecule has 0 saturated heterocycles. The molecule has 1 aromatic carbocycles. The zero-order valence-electron chi connectivity index (χ0n) is 11.4. The van der Waals surface area contributed by atoms with Crippen LogP contribution in [0.15, 0.2) is 22.8 Å². The van der Waals surface area contributed by atoms with E-state index in [4.69, 9.17) is 9.47 Å². The van der Waals surface area contributed by atoms with Crippen LogP contribution in [0.1, 0.15) is 6.42 Å². The number of aromatic nitrogens is 2. The molecule has 1 aromatic heterocycles. The van der Waals surface area contributed by atoms with Crippen LogP contribution < -0.4 is 14.8 Å². The van der Waals surface area contributed by atoms with Crippen LogP contribution in [0.5, 0.6) is 11.5 Å². The Hall–Kier alpha value is -1.69. The number of imidazole rings is 1. The molecule has 2 heterocycles. The Bertz CT molecular complexity index is 640. The van der Waals surface area contributed by atoms with E-state index < -0.39 is 0 Å². The van der Waals surface area contributed by atoms with Crippen molar-refractivity contribution in [2.45, 2.75) is 13.0 Å². The van der Waals surface area contributed by atoms with Crippen molar-refractivity contribution in [3.63, 3.8) is 0 Å². The highest BCUT2D eigenvalue weighted by Gasteiger charge is 2.21. The maximum absolute atomic E-state index is 5.44. The van der Waals surface area contributed by atoms with E-state index in [9.17, 15) is 0 Å². The summed E-state index contributed by atoms with van der Waals surface area (Å²) in [5, 5.41) is 3.31. The molecule has 3 rings (SSSR count). The summed E-state index contributed by atoms with van der Waals surface area (Å²) in [5.74, 6) is 2.46. The predicted molar refractivity (Wildman–Crippen MR) is 81.6 cm³/mol. The maximum atomic E-state index is 5.44. The van der Waals surface area contributed by atoms with Gasteiger partial charge < -0.3 is 19.4 Å². The second-order valence-electron chi connectivity index (χ2n) is 4.57. The van der Waals surface area contributed by atoms with Gasteiger partial charge in [-0.2, -0.15) is 0 Å². The van der Waals surface area contributed by atoms with Crippen molar-refractivity contribution < 1.29 is 9.47 Å². The molecule has 0 radical (unpaired) electrons. The number of rotatable bonds is 3. The number of halogens is 1. The molecule has 6 heteroatoms. The minimum atomic E-state index is 0.780. The summed E-state index contributed by atoms with van der Waals surface area (Å²) in [6, 6.07) is 5.72. The number of hydrogen-bond donors (Lipinski definition) is 1. The standard InChI is InChI=1S/C14H16BrN3O2/c1-19-9-4-5-11(20-2)10(8-9)12-13(15)18-7-3-6-16-14(18)17-12/h4-5,8H,3,6-7H2,1-2H3,(H,16,17). The lowest BCUT2D eigenvalue weighted by atomic mass is 10.1. The lowest BCUT2D eigenvalue weighted by molar-refractivity contribution is 0.404. The van der Waals surface area contributed by atoms with Crippen molar-refractivity contribution >= 4 is 21.9 Å². The van der Waals surface area contributed by atoms with Gasteiger partial charge in [-0.05, 0) is 40.5 Å². The Morgan fingerprint density at radius 2 is 2.15 bits per heavy atom. The summed E-state index contributed by atoms with van der Waals surface area (Å²) in [7, 11) is 3.31. The van der Waals surface area contributed by atoms with E-state index in [2.05, 4.69) is 30.8 Å². The average Bonchev–Trinajstić information content (AvgIpc) is 2.84. The molecule has 106 valence electrons. The van der Waals surface area contributed by atoms with E-state index in [0.29, 0.717) is 0 Å². The summed E-state index contributed by atoms with van der Waals surface area (Å²) in [5.41, 5.74) is 1.78. The van der Waals surface area contributed by atoms with Gasteiger partial charge in [0.05, 0.1) is 14.2 Å². The minimum Gasteiger partial charge on any atom is -0.497 e. The van der Waals surface area contributed by atoms with Gasteiger partial charge in [-0.25, -0.2) is 4.98 Å². The first-order valence-corrected chi connectivity index (χ1v) is 7.26. The highest BCUT2D eigenvalue weighted by Crippen LogP contribution is 2.39. The molecular formula is C14H16BrN3O2. The summed E-state index contributed by atoms with van der Waals surface area (Å²) in [4.78, 5) is 4.67. The molecule has 1 N–H and O–H groups in total. The van der Waals surface area contributed by atoms with Gasteiger partial charge >= 0.3 is 0 Å². The fourth-order valence-corrected chi connectivity index (χ4v) is 3.03. The van der Waals surface area contributed by atoms with Gasteiger partial charge in [0.1, 0.15) is 21.8 Å². The molecule has 1 aliphatic rings. The van der Waals surface area contributed by atoms with Gasteiger partial charge in [0.25, 0.3) is 0 Å². The van der Waals surface area contributed by atoms with Crippen molar-refractivity contribution in [3.05, 3.63) is 22.8 Å². The molecule has 0 spiro atoms. The summed E-state index contributed by atoms with van der Waals surface area (Å²) in [6.45, 7) is 1.92. The van der Waals surface area contributed by atoms with Crippen LogP contribution in [0.4, 0.5) is 5.95 Å². The van der Waals surface area contributed by atoms with Crippen LogP contribution in [0.25, 0.3) is 11.3 Å². The molecule has 1 aliphatic heterocycles. The van der Waals surface area contributed by atoms with Crippen molar-refractivity contribution in [1.82, 2.24) is 9.55 Å². The number of hydrogen-bond acceptors (Lipinski definition) is 4. The molecule has 0 saturated carbocycles. The topological polar surface area (TPSA) is 48.3 Å². The van der Waals surface area contributed by atoms with Crippen molar-refractivity contribution in [3.8, 4) is 22.8 Å². The Kier molecular flexibility index (Phi) is 3.56. The zero-order valence-corrected chi connectivity index (χ0v) is 13.0. The maximum Gasteiger partial charge on any atom is 0.204 e. The first kappa shape index (κ1) is 13.3. The van der Waals surface area contributed by atoms with Crippen LogP contribution in [0.2, 0.25) is 0 Å². The third-order valence-corrected chi connectivity index (χ3v) is 4.21. The highest BCUT2D eigenvalue weighted by atomic mass is 79.9. The molecule has 0 bridgehead atoms. The smallest absolute Gasteiger partial charge is 0.204 e. The molecule has 0 unspecified atom stereocenters. The van der Waals surface area contributed by atoms with E-state index in [1.165, 1.54) is 0 Å². The quantitative estimate of drug-likeness (QED) is 0.934. The van der Waals surface area contributed by atoms with Gasteiger partial charge in [-0.3, -0.25) is 0 Å². The second-order valence-corrected chi connectivity index (χ2v) is 5.32. The molecule has 20 heavy (non-hydrogen) atoms. The van der Waals surface area contributed by atoms with E-state index in [-0.39, 0.29) is 0 Å². The number of anilines is 1. The molecule has 0 aliphatic carbocycles. The van der Waals surface area contributed by atoms with Crippen LogP contribution in [-0.4, -0.2) is 30.3 Å². The van der Waals surface area contributed by atoms with Gasteiger partial charge in [0.15, 0.2) is 0 Å². The number of benzene rings is 1. The molecule has 0 amide bonds. The lowest BCUT2D eigenvalue weighted by Crippen LogP contribution is -2.17. The van der Waals surface area contributed by atoms with Crippen molar-refractivity contribution in [2.24, 2.45) is 0 Å². The molecule has 0 atom stereocenters. The Labute approximate surface area is 126 Å². The number of fused-ring (bicyclic) bond motifs is 1. The molecule has 0 fully saturated rings. The SMILES string of the molecule is COc1ccc(OC)c(-c2nc3n(c2Br)CCCN3)c1. The Morgan fingerprint density at radius 3 is 2.85 bits per heavy atom. The third kappa shape index (κ3) is 2.14. The number of nitrogens with zero attached hydrogens (tertiary/aromatic N) is 2. The lowest BCUT2D eigenvalue weighted by Gasteiger charge is -2.15. The highest BCUT2D eigenvalue weighted by molar-refractivity contribution is 9.10. The fraction of sp³-hybridized carbons (Fsp3) is 0.357. The van der Waals surface area contributed by atoms with E-state index in [1.807, 2.05) is 18.2 Å². The monoisotopic (exact) mass is 337 g/mol. The second kappa shape index (κ2) is 5.36. The molecular weight excluding hydrogens is 322 g/mol. The number of nitrogens with one attached hydrogen (secondary N) is 1. The Balaban J connectivity index is 2.15. The van der Waals surface area contributed by atoms with Gasteiger partial charge in [-0.1, -0.05) is 0 Å². The number of ether oxygens (including phenoxy) is 2. The largest absolute Gasteiger partial charge is 0.497 e. The van der Waals surface area contributed by atoms with E-state index in [1.54, 1.807) is 14.2 Å². The zero-order chi connectivity index (χ0) is 14.1. The van der Waals surface area contributed by atoms with E-state index >= 15 is 0 Å². The van der Waals surface area contributed by atoms with Crippen LogP contribution in [0.3, 0.4) is 0 Å².